The Hall–Kier alpha value is -2.34. The van der Waals surface area contributed by atoms with Crippen LogP contribution in [0.1, 0.15) is 16.1 Å². The predicted octanol–water partition coefficient (Wildman–Crippen LogP) is 2.18. The first-order valence-electron chi connectivity index (χ1n) is 8.24. The number of hydrogen-bond acceptors (Lipinski definition) is 5. The van der Waals surface area contributed by atoms with Gasteiger partial charge in [-0.1, -0.05) is 6.07 Å². The molecule has 0 bridgehead atoms. The summed E-state index contributed by atoms with van der Waals surface area (Å²) < 4.78 is 11.1. The van der Waals surface area contributed by atoms with Gasteiger partial charge in [-0.05, 0) is 25.1 Å². The number of furan rings is 1. The molecule has 2 saturated heterocycles. The van der Waals surface area contributed by atoms with Crippen molar-refractivity contribution < 1.29 is 13.9 Å². The fourth-order valence-electron chi connectivity index (χ4n) is 3.71. The van der Waals surface area contributed by atoms with Crippen LogP contribution in [0, 0.1) is 18.3 Å². The van der Waals surface area contributed by atoms with Crippen LogP contribution in [-0.2, 0) is 4.74 Å². The van der Waals surface area contributed by atoms with Crippen LogP contribution in [0.4, 0.5) is 5.82 Å². The Labute approximate surface area is 140 Å². The van der Waals surface area contributed by atoms with Crippen molar-refractivity contribution in [3.05, 3.63) is 48.0 Å². The van der Waals surface area contributed by atoms with E-state index in [0.29, 0.717) is 38.0 Å². The van der Waals surface area contributed by atoms with Crippen molar-refractivity contribution in [2.75, 3.05) is 38.2 Å². The molecular formula is C18H21N3O3. The second-order valence-corrected chi connectivity index (χ2v) is 6.76. The minimum atomic E-state index is -0.0618. The van der Waals surface area contributed by atoms with E-state index in [0.717, 1.165) is 17.9 Å². The summed E-state index contributed by atoms with van der Waals surface area (Å²) in [4.78, 5) is 18.9. The van der Waals surface area contributed by atoms with Crippen LogP contribution in [0.15, 0.2) is 41.1 Å². The number of ether oxygens (including phenoxy) is 1. The molecule has 0 saturated carbocycles. The number of aryl methyl sites for hydroxylation is 1. The van der Waals surface area contributed by atoms with E-state index in [1.165, 1.54) is 0 Å². The Kier molecular flexibility index (Phi) is 3.76. The maximum Gasteiger partial charge on any atom is 0.289 e. The number of nitrogens with zero attached hydrogens (tertiary/aromatic N) is 2. The smallest absolute Gasteiger partial charge is 0.289 e. The van der Waals surface area contributed by atoms with E-state index in [1.807, 2.05) is 36.1 Å². The van der Waals surface area contributed by atoms with Crippen molar-refractivity contribution >= 4 is 11.7 Å². The standard InChI is InChI=1S/C18H21N3O3/c1-13-5-7-24-16(13)17(22)21-8-14-9-23-12-18(14,11-21)10-20-15-4-2-3-6-19-15/h2-7,14H,8-12H2,1H3,(H,19,20)/t14-,18+/m1/s1. The van der Waals surface area contributed by atoms with E-state index in [4.69, 9.17) is 9.15 Å². The molecule has 1 N–H and O–H groups in total. The quantitative estimate of drug-likeness (QED) is 0.932. The van der Waals surface area contributed by atoms with Gasteiger partial charge in [0.25, 0.3) is 5.91 Å². The van der Waals surface area contributed by atoms with Gasteiger partial charge in [0.1, 0.15) is 5.82 Å². The topological polar surface area (TPSA) is 67.6 Å². The molecule has 126 valence electrons. The minimum absolute atomic E-state index is 0.0240. The summed E-state index contributed by atoms with van der Waals surface area (Å²) in [5.41, 5.74) is 0.821. The minimum Gasteiger partial charge on any atom is -0.459 e. The summed E-state index contributed by atoms with van der Waals surface area (Å²) >= 11 is 0. The van der Waals surface area contributed by atoms with E-state index in [9.17, 15) is 4.79 Å². The first-order valence-corrected chi connectivity index (χ1v) is 8.24. The molecule has 0 unspecified atom stereocenters. The molecule has 6 nitrogen and oxygen atoms in total. The highest BCUT2D eigenvalue weighted by molar-refractivity contribution is 5.93. The van der Waals surface area contributed by atoms with Crippen molar-refractivity contribution in [3.8, 4) is 0 Å². The molecule has 2 fully saturated rings. The largest absolute Gasteiger partial charge is 0.459 e. The third kappa shape index (κ3) is 2.57. The lowest BCUT2D eigenvalue weighted by Gasteiger charge is -2.27. The summed E-state index contributed by atoms with van der Waals surface area (Å²) in [5, 5.41) is 3.40. The van der Waals surface area contributed by atoms with Gasteiger partial charge in [-0.2, -0.15) is 0 Å². The Morgan fingerprint density at radius 1 is 1.46 bits per heavy atom. The van der Waals surface area contributed by atoms with E-state index < -0.39 is 0 Å². The van der Waals surface area contributed by atoms with Crippen molar-refractivity contribution in [3.63, 3.8) is 0 Å². The van der Waals surface area contributed by atoms with Gasteiger partial charge in [-0.3, -0.25) is 4.79 Å². The number of rotatable bonds is 4. The lowest BCUT2D eigenvalue weighted by atomic mass is 9.81. The number of carbonyl (C=O) groups excluding carboxylic acids is 1. The number of anilines is 1. The number of fused-ring (bicyclic) bond motifs is 1. The lowest BCUT2D eigenvalue weighted by molar-refractivity contribution is 0.0694. The van der Waals surface area contributed by atoms with Gasteiger partial charge in [0, 0.05) is 42.7 Å². The first kappa shape index (κ1) is 15.2. The van der Waals surface area contributed by atoms with Crippen LogP contribution in [0.25, 0.3) is 0 Å². The van der Waals surface area contributed by atoms with Crippen molar-refractivity contribution in [1.82, 2.24) is 9.88 Å². The van der Waals surface area contributed by atoms with Crippen LogP contribution in [0.3, 0.4) is 0 Å². The predicted molar refractivity (Wildman–Crippen MR) is 88.8 cm³/mol. The summed E-state index contributed by atoms with van der Waals surface area (Å²) in [6.45, 7) is 5.40. The van der Waals surface area contributed by atoms with Gasteiger partial charge in [-0.15, -0.1) is 0 Å². The second kappa shape index (κ2) is 5.94. The number of hydrogen-bond donors (Lipinski definition) is 1. The zero-order chi connectivity index (χ0) is 16.6. The monoisotopic (exact) mass is 327 g/mol. The lowest BCUT2D eigenvalue weighted by Crippen LogP contribution is -2.39. The molecular weight excluding hydrogens is 306 g/mol. The van der Waals surface area contributed by atoms with Crippen LogP contribution < -0.4 is 5.32 Å². The fourth-order valence-corrected chi connectivity index (χ4v) is 3.71. The third-order valence-electron chi connectivity index (χ3n) is 5.15. The molecule has 0 aliphatic carbocycles. The van der Waals surface area contributed by atoms with E-state index in [-0.39, 0.29) is 11.3 Å². The van der Waals surface area contributed by atoms with E-state index >= 15 is 0 Å². The molecule has 24 heavy (non-hydrogen) atoms. The number of likely N-dealkylation sites (tertiary alicyclic amines) is 1. The molecule has 6 heteroatoms. The highest BCUT2D eigenvalue weighted by atomic mass is 16.5. The SMILES string of the molecule is Cc1ccoc1C(=O)N1C[C@@H]2COC[C@]2(CNc2ccccn2)C1. The number of carbonyl (C=O) groups is 1. The Bertz CT molecular complexity index is 730. The molecule has 4 heterocycles. The van der Waals surface area contributed by atoms with Gasteiger partial charge in [0.15, 0.2) is 5.76 Å². The van der Waals surface area contributed by atoms with Gasteiger partial charge in [0.2, 0.25) is 0 Å². The molecule has 1 amide bonds. The van der Waals surface area contributed by atoms with Gasteiger partial charge < -0.3 is 19.4 Å². The maximum absolute atomic E-state index is 12.7. The average molecular weight is 327 g/mol. The molecule has 2 aromatic heterocycles. The summed E-state index contributed by atoms with van der Waals surface area (Å²) in [7, 11) is 0. The normalized spacial score (nSPS) is 25.7. The van der Waals surface area contributed by atoms with Crippen molar-refractivity contribution in [2.24, 2.45) is 11.3 Å². The van der Waals surface area contributed by atoms with Crippen molar-refractivity contribution in [2.45, 2.75) is 6.92 Å². The summed E-state index contributed by atoms with van der Waals surface area (Å²) in [6, 6.07) is 7.63. The van der Waals surface area contributed by atoms with Gasteiger partial charge in [-0.25, -0.2) is 4.98 Å². The van der Waals surface area contributed by atoms with Gasteiger partial charge >= 0.3 is 0 Å². The summed E-state index contributed by atoms with van der Waals surface area (Å²) in [5.74, 6) is 1.62. The molecule has 2 aliphatic rings. The molecule has 0 aromatic carbocycles. The molecule has 4 rings (SSSR count). The molecule has 0 spiro atoms. The van der Waals surface area contributed by atoms with E-state index in [1.54, 1.807) is 12.5 Å². The average Bonchev–Trinajstić information content (AvgIpc) is 3.27. The van der Waals surface area contributed by atoms with Crippen molar-refractivity contribution in [1.29, 1.82) is 0 Å². The zero-order valence-corrected chi connectivity index (χ0v) is 13.7. The van der Waals surface area contributed by atoms with E-state index in [2.05, 4.69) is 10.3 Å². The maximum atomic E-state index is 12.7. The highest BCUT2D eigenvalue weighted by Crippen LogP contribution is 2.42. The highest BCUT2D eigenvalue weighted by Gasteiger charge is 2.52. The third-order valence-corrected chi connectivity index (χ3v) is 5.15. The van der Waals surface area contributed by atoms with Crippen LogP contribution in [0.2, 0.25) is 0 Å². The molecule has 2 aliphatic heterocycles. The van der Waals surface area contributed by atoms with Crippen LogP contribution in [-0.4, -0.2) is 48.6 Å². The second-order valence-electron chi connectivity index (χ2n) is 6.76. The molecule has 2 atom stereocenters. The Balaban J connectivity index is 1.49. The Morgan fingerprint density at radius 2 is 2.38 bits per heavy atom. The zero-order valence-electron chi connectivity index (χ0n) is 13.7. The molecule has 2 aromatic rings. The number of nitrogens with one attached hydrogen (secondary N) is 1. The number of amides is 1. The summed E-state index contributed by atoms with van der Waals surface area (Å²) in [6.07, 6.45) is 3.34. The Morgan fingerprint density at radius 3 is 3.12 bits per heavy atom. The number of aromatic nitrogens is 1. The van der Waals surface area contributed by atoms with Crippen LogP contribution >= 0.6 is 0 Å². The fraction of sp³-hybridized carbons (Fsp3) is 0.444. The number of pyridine rings is 1. The van der Waals surface area contributed by atoms with Crippen LogP contribution in [0.5, 0.6) is 0 Å². The first-order chi connectivity index (χ1) is 11.7. The van der Waals surface area contributed by atoms with Gasteiger partial charge in [0.05, 0.1) is 19.5 Å². The molecule has 0 radical (unpaired) electrons.